The van der Waals surface area contributed by atoms with E-state index in [1.165, 1.54) is 4.90 Å². The Morgan fingerprint density at radius 3 is 2.61 bits per heavy atom. The van der Waals surface area contributed by atoms with Crippen molar-refractivity contribution in [3.8, 4) is 0 Å². The van der Waals surface area contributed by atoms with Gasteiger partial charge in [0, 0.05) is 18.8 Å². The number of halogens is 1. The third-order valence-electron chi connectivity index (χ3n) is 3.73. The van der Waals surface area contributed by atoms with Crippen LogP contribution in [0.25, 0.3) is 0 Å². The number of imide groups is 1. The van der Waals surface area contributed by atoms with Crippen LogP contribution in [0.2, 0.25) is 0 Å². The molecule has 4 nitrogen and oxygen atoms in total. The molecular weight excluding hydrogens is 296 g/mol. The Morgan fingerprint density at radius 2 is 2.11 bits per heavy atom. The van der Waals surface area contributed by atoms with Crippen molar-refractivity contribution in [1.82, 2.24) is 4.98 Å². The largest absolute Gasteiger partial charge is 0.274 e. The lowest BCUT2D eigenvalue weighted by atomic mass is 9.78. The van der Waals surface area contributed by atoms with Crippen LogP contribution in [0.15, 0.2) is 22.9 Å². The molecule has 0 radical (unpaired) electrons. The van der Waals surface area contributed by atoms with Gasteiger partial charge in [-0.3, -0.25) is 14.6 Å². The van der Waals surface area contributed by atoms with Crippen LogP contribution < -0.4 is 4.90 Å². The Bertz CT molecular complexity index is 515. The van der Waals surface area contributed by atoms with Gasteiger partial charge in [-0.2, -0.15) is 0 Å². The van der Waals surface area contributed by atoms with Crippen molar-refractivity contribution in [3.63, 3.8) is 0 Å². The van der Waals surface area contributed by atoms with Crippen LogP contribution in [0.1, 0.15) is 27.2 Å². The Morgan fingerprint density at radius 1 is 1.44 bits per heavy atom. The van der Waals surface area contributed by atoms with Crippen LogP contribution >= 0.6 is 15.9 Å². The molecule has 0 spiro atoms. The first kappa shape index (κ1) is 13.2. The molecule has 2 amide bonds. The second-order valence-corrected chi connectivity index (χ2v) is 5.96. The summed E-state index contributed by atoms with van der Waals surface area (Å²) in [6.07, 6.45) is 3.42. The molecule has 1 aliphatic heterocycles. The molecule has 0 N–H and O–H groups in total. The van der Waals surface area contributed by atoms with Crippen LogP contribution in [0.4, 0.5) is 5.69 Å². The van der Waals surface area contributed by atoms with Gasteiger partial charge in [-0.1, -0.05) is 13.8 Å². The van der Waals surface area contributed by atoms with E-state index in [0.29, 0.717) is 10.2 Å². The first-order valence-electron chi connectivity index (χ1n) is 5.85. The number of amides is 2. The molecule has 96 valence electrons. The zero-order chi connectivity index (χ0) is 13.5. The van der Waals surface area contributed by atoms with Gasteiger partial charge in [-0.15, -0.1) is 0 Å². The molecule has 0 saturated carbocycles. The maximum absolute atomic E-state index is 12.5. The predicted molar refractivity (Wildman–Crippen MR) is 72.0 cm³/mol. The average Bonchev–Trinajstić information content (AvgIpc) is 2.53. The van der Waals surface area contributed by atoms with Gasteiger partial charge in [-0.05, 0) is 34.8 Å². The molecule has 1 fully saturated rings. The Hall–Kier alpha value is -1.23. The molecule has 2 heterocycles. The fraction of sp³-hybridized carbons (Fsp3) is 0.462. The van der Waals surface area contributed by atoms with E-state index in [2.05, 4.69) is 20.9 Å². The van der Waals surface area contributed by atoms with Gasteiger partial charge in [0.25, 0.3) is 0 Å². The summed E-state index contributed by atoms with van der Waals surface area (Å²) in [4.78, 5) is 29.8. The fourth-order valence-corrected chi connectivity index (χ4v) is 2.51. The van der Waals surface area contributed by atoms with Gasteiger partial charge in [0.05, 0.1) is 15.6 Å². The van der Waals surface area contributed by atoms with Crippen molar-refractivity contribution in [2.45, 2.75) is 27.2 Å². The number of nitrogens with zero attached hydrogens (tertiary/aromatic N) is 2. The molecule has 5 heteroatoms. The topological polar surface area (TPSA) is 50.3 Å². The quantitative estimate of drug-likeness (QED) is 0.789. The first-order chi connectivity index (χ1) is 8.38. The number of rotatable bonds is 2. The van der Waals surface area contributed by atoms with Crippen LogP contribution in [-0.4, -0.2) is 16.8 Å². The highest BCUT2D eigenvalue weighted by molar-refractivity contribution is 9.10. The summed E-state index contributed by atoms with van der Waals surface area (Å²) in [6.45, 7) is 5.79. The smallest absolute Gasteiger partial charge is 0.240 e. The lowest BCUT2D eigenvalue weighted by Crippen LogP contribution is -2.37. The highest BCUT2D eigenvalue weighted by Gasteiger charge is 2.50. The lowest BCUT2D eigenvalue weighted by Gasteiger charge is -2.26. The van der Waals surface area contributed by atoms with E-state index in [1.54, 1.807) is 18.5 Å². The van der Waals surface area contributed by atoms with E-state index in [9.17, 15) is 9.59 Å². The summed E-state index contributed by atoms with van der Waals surface area (Å²) in [5.74, 6) is -0.155. The average molecular weight is 311 g/mol. The van der Waals surface area contributed by atoms with Gasteiger partial charge in [0.2, 0.25) is 11.8 Å². The summed E-state index contributed by atoms with van der Waals surface area (Å²) in [5, 5.41) is 0. The maximum Gasteiger partial charge on any atom is 0.240 e. The van der Waals surface area contributed by atoms with Gasteiger partial charge in [0.1, 0.15) is 0 Å². The van der Waals surface area contributed by atoms with E-state index in [1.807, 2.05) is 20.8 Å². The van der Waals surface area contributed by atoms with E-state index >= 15 is 0 Å². The van der Waals surface area contributed by atoms with Crippen molar-refractivity contribution < 1.29 is 9.59 Å². The van der Waals surface area contributed by atoms with Crippen LogP contribution in [-0.2, 0) is 9.59 Å². The highest BCUT2D eigenvalue weighted by Crippen LogP contribution is 2.42. The molecule has 1 unspecified atom stereocenters. The molecule has 0 bridgehead atoms. The number of hydrogen-bond donors (Lipinski definition) is 0. The minimum absolute atomic E-state index is 0.125. The predicted octanol–water partition coefficient (Wildman–Crippen LogP) is 2.77. The zero-order valence-electron chi connectivity index (χ0n) is 10.6. The van der Waals surface area contributed by atoms with E-state index in [4.69, 9.17) is 0 Å². The number of hydrogen-bond acceptors (Lipinski definition) is 3. The molecular formula is C13H15BrN2O2. The third-order valence-corrected chi connectivity index (χ3v) is 4.34. The van der Waals surface area contributed by atoms with Crippen molar-refractivity contribution in [3.05, 3.63) is 22.9 Å². The van der Waals surface area contributed by atoms with Gasteiger partial charge in [-0.25, -0.2) is 4.90 Å². The van der Waals surface area contributed by atoms with Crippen LogP contribution in [0.3, 0.4) is 0 Å². The standard InChI is InChI=1S/C13H15BrN2O2/c1-8(2)13(3)6-11(17)16(12(13)18)10-4-5-15-7-9(10)14/h4-5,7-8H,6H2,1-3H3. The van der Waals surface area contributed by atoms with Crippen molar-refractivity contribution in [2.75, 3.05) is 4.90 Å². The first-order valence-corrected chi connectivity index (χ1v) is 6.64. The number of carbonyl (C=O) groups is 2. The third kappa shape index (κ3) is 1.86. The second kappa shape index (κ2) is 4.46. The maximum atomic E-state index is 12.5. The van der Waals surface area contributed by atoms with Crippen molar-refractivity contribution in [2.24, 2.45) is 11.3 Å². The highest BCUT2D eigenvalue weighted by atomic mass is 79.9. The number of carbonyl (C=O) groups excluding carboxylic acids is 2. The van der Waals surface area contributed by atoms with Gasteiger partial charge < -0.3 is 0 Å². The number of pyridine rings is 1. The summed E-state index contributed by atoms with van der Waals surface area (Å²) in [5.41, 5.74) is -0.0378. The molecule has 1 saturated heterocycles. The van der Waals surface area contributed by atoms with E-state index in [0.717, 1.165) is 0 Å². The molecule has 1 aliphatic rings. The van der Waals surface area contributed by atoms with Crippen molar-refractivity contribution >= 4 is 33.4 Å². The second-order valence-electron chi connectivity index (χ2n) is 5.11. The minimum atomic E-state index is -0.611. The normalized spacial score (nSPS) is 24.2. The monoisotopic (exact) mass is 310 g/mol. The van der Waals surface area contributed by atoms with E-state index < -0.39 is 5.41 Å². The Kier molecular flexibility index (Phi) is 3.27. The molecule has 1 atom stereocenters. The SMILES string of the molecule is CC(C)C1(C)CC(=O)N(c2ccncc2Br)C1=O. The number of aromatic nitrogens is 1. The van der Waals surface area contributed by atoms with Crippen molar-refractivity contribution in [1.29, 1.82) is 0 Å². The minimum Gasteiger partial charge on any atom is -0.274 e. The molecule has 0 aromatic carbocycles. The van der Waals surface area contributed by atoms with Crippen LogP contribution in [0, 0.1) is 11.3 Å². The summed E-state index contributed by atoms with van der Waals surface area (Å²) in [7, 11) is 0. The molecule has 2 rings (SSSR count). The van der Waals surface area contributed by atoms with Crippen LogP contribution in [0.5, 0.6) is 0 Å². The van der Waals surface area contributed by atoms with Gasteiger partial charge in [0.15, 0.2) is 0 Å². The zero-order valence-corrected chi connectivity index (χ0v) is 12.2. The number of anilines is 1. The summed E-state index contributed by atoms with van der Waals surface area (Å²) < 4.78 is 0.653. The lowest BCUT2D eigenvalue weighted by molar-refractivity contribution is -0.126. The Labute approximate surface area is 115 Å². The fourth-order valence-electron chi connectivity index (χ4n) is 2.08. The Balaban J connectivity index is 2.46. The van der Waals surface area contributed by atoms with Gasteiger partial charge >= 0.3 is 0 Å². The molecule has 18 heavy (non-hydrogen) atoms. The summed E-state index contributed by atoms with van der Waals surface area (Å²) in [6, 6.07) is 1.67. The molecule has 1 aromatic rings. The summed E-state index contributed by atoms with van der Waals surface area (Å²) >= 11 is 3.33. The molecule has 1 aromatic heterocycles. The molecule has 0 aliphatic carbocycles. The van der Waals surface area contributed by atoms with E-state index in [-0.39, 0.29) is 24.2 Å².